The van der Waals surface area contributed by atoms with E-state index < -0.39 is 67.9 Å². The van der Waals surface area contributed by atoms with Crippen molar-refractivity contribution in [2.45, 2.75) is 58.8 Å². The fourth-order valence-corrected chi connectivity index (χ4v) is 3.89. The van der Waals surface area contributed by atoms with Gasteiger partial charge in [-0.05, 0) is 44.9 Å². The largest absolute Gasteiger partial charge is 0.461 e. The number of esters is 4. The first-order valence-electron chi connectivity index (χ1n) is 11.9. The maximum atomic E-state index is 13.1. The van der Waals surface area contributed by atoms with Crippen molar-refractivity contribution < 1.29 is 48.3 Å². The fourth-order valence-electron chi connectivity index (χ4n) is 3.89. The Morgan fingerprint density at radius 2 is 1.84 bits per heavy atom. The van der Waals surface area contributed by atoms with Crippen molar-refractivity contribution >= 4 is 23.9 Å². The van der Waals surface area contributed by atoms with E-state index in [2.05, 4.69) is 6.58 Å². The second kappa shape index (κ2) is 13.7. The molecule has 1 fully saturated rings. The number of rotatable bonds is 8. The van der Waals surface area contributed by atoms with Crippen molar-refractivity contribution in [1.29, 1.82) is 0 Å². The van der Waals surface area contributed by atoms with Crippen LogP contribution < -0.4 is 0 Å². The summed E-state index contributed by atoms with van der Waals surface area (Å²) in [5.41, 5.74) is 1.58. The smallest absolute Gasteiger partial charge is 0.337 e. The van der Waals surface area contributed by atoms with Gasteiger partial charge in [0.25, 0.3) is 0 Å². The average Bonchev–Trinajstić information content (AvgIpc) is 3.11. The Bertz CT molecular complexity index is 1050. The second-order valence-corrected chi connectivity index (χ2v) is 8.86. The third-order valence-corrected chi connectivity index (χ3v) is 6.09. The van der Waals surface area contributed by atoms with Crippen molar-refractivity contribution in [2.75, 3.05) is 19.8 Å². The first-order valence-corrected chi connectivity index (χ1v) is 11.9. The maximum Gasteiger partial charge on any atom is 0.337 e. The van der Waals surface area contributed by atoms with Gasteiger partial charge in [0.2, 0.25) is 0 Å². The van der Waals surface area contributed by atoms with Crippen molar-refractivity contribution in [2.24, 2.45) is 5.92 Å². The SMILES string of the molecule is C=C1C(=O)O[C@@H]2/C=C(/C)[C@@H](O)C/C=C(\C)C[C@@H](OC(=O)/C(=C/C)COC(=O)/C(=C/CO)COC(C)=O)[C@@H]12. The molecule has 0 unspecified atom stereocenters. The van der Waals surface area contributed by atoms with Gasteiger partial charge in [0, 0.05) is 18.9 Å². The summed E-state index contributed by atoms with van der Waals surface area (Å²) in [6.45, 7) is 8.85. The van der Waals surface area contributed by atoms with E-state index in [1.54, 1.807) is 19.9 Å². The van der Waals surface area contributed by atoms with Crippen molar-refractivity contribution in [1.82, 2.24) is 0 Å². The van der Waals surface area contributed by atoms with Crippen LogP contribution in [-0.2, 0) is 38.1 Å². The van der Waals surface area contributed by atoms with E-state index in [4.69, 9.17) is 24.1 Å². The molecule has 10 heteroatoms. The summed E-state index contributed by atoms with van der Waals surface area (Å²) in [5.74, 6) is -3.53. The summed E-state index contributed by atoms with van der Waals surface area (Å²) in [4.78, 5) is 48.8. The number of hydrogen-bond donors (Lipinski definition) is 2. The topological polar surface area (TPSA) is 146 Å². The summed E-state index contributed by atoms with van der Waals surface area (Å²) in [5, 5.41) is 19.5. The van der Waals surface area contributed by atoms with Gasteiger partial charge in [-0.15, -0.1) is 0 Å². The molecule has 4 atom stereocenters. The number of carbonyl (C=O) groups excluding carboxylic acids is 4. The van der Waals surface area contributed by atoms with Crippen LogP contribution in [0.1, 0.15) is 40.5 Å². The molecule has 10 nitrogen and oxygen atoms in total. The van der Waals surface area contributed by atoms with Crippen molar-refractivity contribution in [3.8, 4) is 0 Å². The molecule has 2 aliphatic rings. The van der Waals surface area contributed by atoms with Crippen LogP contribution >= 0.6 is 0 Å². The Balaban J connectivity index is 2.20. The first kappa shape index (κ1) is 29.7. The highest BCUT2D eigenvalue weighted by Gasteiger charge is 2.44. The molecule has 202 valence electrons. The van der Waals surface area contributed by atoms with Gasteiger partial charge in [-0.25, -0.2) is 14.4 Å². The monoisotopic (exact) mass is 518 g/mol. The van der Waals surface area contributed by atoms with Crippen LogP contribution in [0, 0.1) is 5.92 Å². The quantitative estimate of drug-likeness (QED) is 0.212. The lowest BCUT2D eigenvalue weighted by Crippen LogP contribution is -2.34. The Kier molecular flexibility index (Phi) is 11.0. The second-order valence-electron chi connectivity index (χ2n) is 8.86. The zero-order chi connectivity index (χ0) is 27.7. The predicted molar refractivity (Wildman–Crippen MR) is 132 cm³/mol. The van der Waals surface area contributed by atoms with Gasteiger partial charge >= 0.3 is 23.9 Å². The van der Waals surface area contributed by atoms with Crippen LogP contribution in [0.3, 0.4) is 0 Å². The first-order chi connectivity index (χ1) is 17.5. The molecule has 1 heterocycles. The normalized spacial score (nSPS) is 27.6. The number of ether oxygens (including phenoxy) is 4. The van der Waals surface area contributed by atoms with E-state index in [0.717, 1.165) is 11.6 Å². The number of allylic oxidation sites excluding steroid dienone is 1. The van der Waals surface area contributed by atoms with Crippen LogP contribution in [0.5, 0.6) is 0 Å². The standard InChI is InChI=1S/C27H34O10/c1-6-19(13-35-26(32)20(9-10-28)14-34-18(5)29)27(33)37-22-11-15(2)7-8-21(30)16(3)12-23-24(22)17(4)25(31)36-23/h6-7,9,12,21-24,28,30H,4,8,10-11,13-14H2,1-3,5H3/b15-7+,16-12-,19-6+,20-9+/t21-,22+,23+,24+/m0/s1. The summed E-state index contributed by atoms with van der Waals surface area (Å²) >= 11 is 0. The minimum absolute atomic E-state index is 0.0393. The number of aliphatic hydroxyl groups excluding tert-OH is 2. The molecule has 1 aliphatic heterocycles. The Morgan fingerprint density at radius 3 is 2.46 bits per heavy atom. The molecule has 0 saturated carbocycles. The third kappa shape index (κ3) is 8.26. The van der Waals surface area contributed by atoms with E-state index in [9.17, 15) is 24.3 Å². The molecule has 37 heavy (non-hydrogen) atoms. The number of aliphatic hydroxyl groups is 2. The fraction of sp³-hybridized carbons (Fsp3) is 0.481. The van der Waals surface area contributed by atoms with Gasteiger partial charge in [0.1, 0.15) is 25.4 Å². The lowest BCUT2D eigenvalue weighted by atomic mass is 9.85. The van der Waals surface area contributed by atoms with Crippen LogP contribution in [-0.4, -0.2) is 72.2 Å². The summed E-state index contributed by atoms with van der Waals surface area (Å²) in [7, 11) is 0. The Hall–Kier alpha value is -3.50. The summed E-state index contributed by atoms with van der Waals surface area (Å²) in [6, 6.07) is 0. The van der Waals surface area contributed by atoms with E-state index >= 15 is 0 Å². The van der Waals surface area contributed by atoms with E-state index in [-0.39, 0.29) is 23.1 Å². The molecule has 0 aromatic heterocycles. The summed E-state index contributed by atoms with van der Waals surface area (Å²) < 4.78 is 21.2. The number of hydrogen-bond acceptors (Lipinski definition) is 10. The third-order valence-electron chi connectivity index (χ3n) is 6.09. The predicted octanol–water partition coefficient (Wildman–Crippen LogP) is 2.01. The molecule has 0 bridgehead atoms. The van der Waals surface area contributed by atoms with E-state index in [0.29, 0.717) is 12.0 Å². The van der Waals surface area contributed by atoms with Gasteiger partial charge in [-0.3, -0.25) is 4.79 Å². The average molecular weight is 519 g/mol. The number of carbonyl (C=O) groups is 4. The van der Waals surface area contributed by atoms with Crippen molar-refractivity contribution in [3.05, 3.63) is 58.7 Å². The molecule has 1 aliphatic carbocycles. The molecular formula is C27H34O10. The zero-order valence-electron chi connectivity index (χ0n) is 21.5. The molecule has 2 N–H and O–H groups in total. The van der Waals surface area contributed by atoms with Gasteiger partial charge in [0.15, 0.2) is 0 Å². The molecule has 0 amide bonds. The lowest BCUT2D eigenvalue weighted by Gasteiger charge is -2.28. The van der Waals surface area contributed by atoms with Gasteiger partial charge < -0.3 is 29.2 Å². The van der Waals surface area contributed by atoms with Crippen molar-refractivity contribution in [3.63, 3.8) is 0 Å². The molecule has 0 radical (unpaired) electrons. The van der Waals surface area contributed by atoms with Crippen LogP contribution in [0.2, 0.25) is 0 Å². The molecule has 2 rings (SSSR count). The highest BCUT2D eigenvalue weighted by molar-refractivity contribution is 5.93. The maximum absolute atomic E-state index is 13.1. The van der Waals surface area contributed by atoms with Gasteiger partial charge in [-0.1, -0.05) is 24.3 Å². The minimum Gasteiger partial charge on any atom is -0.461 e. The molecule has 1 saturated heterocycles. The Morgan fingerprint density at radius 1 is 1.16 bits per heavy atom. The molecule has 0 aromatic rings. The molecular weight excluding hydrogens is 484 g/mol. The zero-order valence-corrected chi connectivity index (χ0v) is 21.5. The van der Waals surface area contributed by atoms with Crippen LogP contribution in [0.15, 0.2) is 58.7 Å². The van der Waals surface area contributed by atoms with Crippen LogP contribution in [0.4, 0.5) is 0 Å². The minimum atomic E-state index is -0.873. The van der Waals surface area contributed by atoms with Gasteiger partial charge in [0.05, 0.1) is 29.8 Å². The number of fused-ring (bicyclic) bond motifs is 1. The highest BCUT2D eigenvalue weighted by atomic mass is 16.6. The molecule has 0 spiro atoms. The Labute approximate surface area is 215 Å². The summed E-state index contributed by atoms with van der Waals surface area (Å²) in [6.07, 6.45) is 4.38. The molecule has 0 aromatic carbocycles. The lowest BCUT2D eigenvalue weighted by molar-refractivity contribution is -0.148. The van der Waals surface area contributed by atoms with E-state index in [1.807, 2.05) is 13.0 Å². The highest BCUT2D eigenvalue weighted by Crippen LogP contribution is 2.36. The van der Waals surface area contributed by atoms with Gasteiger partial charge in [-0.2, -0.15) is 0 Å². The van der Waals surface area contributed by atoms with E-state index in [1.165, 1.54) is 13.0 Å². The van der Waals surface area contributed by atoms with Crippen LogP contribution in [0.25, 0.3) is 0 Å².